The van der Waals surface area contributed by atoms with Gasteiger partial charge in [-0.05, 0) is 5.56 Å². The van der Waals surface area contributed by atoms with Gasteiger partial charge < -0.3 is 4.98 Å². The van der Waals surface area contributed by atoms with Crippen molar-refractivity contribution >= 4 is 22.9 Å². The van der Waals surface area contributed by atoms with Crippen LogP contribution in [-0.2, 0) is 11.2 Å². The van der Waals surface area contributed by atoms with Crippen molar-refractivity contribution in [2.75, 3.05) is 5.43 Å². The number of fused-ring (bicyclic) bond motifs is 1. The molecule has 0 fully saturated rings. The van der Waals surface area contributed by atoms with E-state index in [1.807, 2.05) is 30.3 Å². The number of aromatic amines is 1. The van der Waals surface area contributed by atoms with Crippen molar-refractivity contribution in [2.24, 2.45) is 0 Å². The topological polar surface area (TPSA) is 95.6 Å². The Morgan fingerprint density at radius 2 is 2.00 bits per heavy atom. The summed E-state index contributed by atoms with van der Waals surface area (Å²) in [5.41, 5.74) is 7.51. The van der Waals surface area contributed by atoms with Gasteiger partial charge in [0.05, 0.1) is 12.7 Å². The van der Waals surface area contributed by atoms with Crippen LogP contribution in [0.3, 0.4) is 0 Å². The summed E-state index contributed by atoms with van der Waals surface area (Å²) in [5, 5.41) is 0. The molecule has 2 aromatic heterocycles. The first kappa shape index (κ1) is 12.1. The summed E-state index contributed by atoms with van der Waals surface area (Å²) in [5.74, 6) is 0.330. The standard InChI is InChI=1S/C13H12N6O/c20-10(6-9-4-2-1-3-5-9)18-19-13-11-12(15-7-14-11)16-8-17-13/h1-5,7-8H,6H2,(H,18,20)(H2,14,15,16,17,19). The number of H-pyrrole nitrogens is 1. The van der Waals surface area contributed by atoms with E-state index in [2.05, 4.69) is 30.8 Å². The van der Waals surface area contributed by atoms with Crippen LogP contribution < -0.4 is 10.9 Å². The molecule has 3 aromatic rings. The van der Waals surface area contributed by atoms with Gasteiger partial charge in [-0.2, -0.15) is 0 Å². The molecule has 0 aliphatic carbocycles. The number of imidazole rings is 1. The predicted molar refractivity (Wildman–Crippen MR) is 73.6 cm³/mol. The lowest BCUT2D eigenvalue weighted by Crippen LogP contribution is -2.31. The van der Waals surface area contributed by atoms with Crippen LogP contribution in [-0.4, -0.2) is 25.8 Å². The predicted octanol–water partition coefficient (Wildman–Crippen LogP) is 1.04. The summed E-state index contributed by atoms with van der Waals surface area (Å²) >= 11 is 0. The minimum Gasteiger partial charge on any atom is -0.340 e. The number of hydrogen-bond donors (Lipinski definition) is 3. The molecule has 1 amide bonds. The Balaban J connectivity index is 1.65. The Morgan fingerprint density at radius 1 is 1.15 bits per heavy atom. The molecule has 3 rings (SSSR count). The molecule has 1 aromatic carbocycles. The number of hydrogen-bond acceptors (Lipinski definition) is 5. The molecule has 0 saturated carbocycles. The normalized spacial score (nSPS) is 10.4. The van der Waals surface area contributed by atoms with Crippen molar-refractivity contribution in [3.05, 3.63) is 48.5 Å². The smallest absolute Gasteiger partial charge is 0.242 e. The Hall–Kier alpha value is -2.96. The SMILES string of the molecule is O=C(Cc1ccccc1)NNc1ncnc2nc[nH]c12. The fourth-order valence-electron chi connectivity index (χ4n) is 1.81. The number of anilines is 1. The molecule has 0 saturated heterocycles. The maximum atomic E-state index is 11.8. The number of carbonyl (C=O) groups is 1. The van der Waals surface area contributed by atoms with Crippen molar-refractivity contribution in [3.8, 4) is 0 Å². The second-order valence-electron chi connectivity index (χ2n) is 4.16. The van der Waals surface area contributed by atoms with E-state index in [1.165, 1.54) is 12.7 Å². The molecule has 0 spiro atoms. The number of carbonyl (C=O) groups excluding carboxylic acids is 1. The van der Waals surface area contributed by atoms with Crippen LogP contribution in [0.2, 0.25) is 0 Å². The van der Waals surface area contributed by atoms with Gasteiger partial charge in [0.25, 0.3) is 0 Å². The average Bonchev–Trinajstić information content (AvgIpc) is 2.95. The molecule has 100 valence electrons. The summed E-state index contributed by atoms with van der Waals surface area (Å²) in [7, 11) is 0. The Morgan fingerprint density at radius 3 is 2.85 bits per heavy atom. The molecule has 0 radical (unpaired) electrons. The number of aromatic nitrogens is 4. The maximum Gasteiger partial charge on any atom is 0.242 e. The molecule has 20 heavy (non-hydrogen) atoms. The van der Waals surface area contributed by atoms with Crippen molar-refractivity contribution in [3.63, 3.8) is 0 Å². The van der Waals surface area contributed by atoms with Gasteiger partial charge in [-0.25, -0.2) is 15.0 Å². The lowest BCUT2D eigenvalue weighted by Gasteiger charge is -2.07. The van der Waals surface area contributed by atoms with Crippen molar-refractivity contribution in [1.82, 2.24) is 25.4 Å². The molecule has 0 unspecified atom stereocenters. The van der Waals surface area contributed by atoms with Gasteiger partial charge in [-0.15, -0.1) is 0 Å². The van der Waals surface area contributed by atoms with Gasteiger partial charge in [-0.3, -0.25) is 15.6 Å². The Labute approximate surface area is 114 Å². The second-order valence-corrected chi connectivity index (χ2v) is 4.16. The lowest BCUT2D eigenvalue weighted by molar-refractivity contribution is -0.119. The van der Waals surface area contributed by atoms with E-state index >= 15 is 0 Å². The summed E-state index contributed by atoms with van der Waals surface area (Å²) < 4.78 is 0. The molecule has 7 heteroatoms. The minimum absolute atomic E-state index is 0.150. The molecule has 0 bridgehead atoms. The molecule has 7 nitrogen and oxygen atoms in total. The molecule has 0 aliphatic rings. The van der Waals surface area contributed by atoms with Crippen LogP contribution in [0.1, 0.15) is 5.56 Å². The first-order chi connectivity index (χ1) is 9.83. The first-order valence-corrected chi connectivity index (χ1v) is 6.06. The van der Waals surface area contributed by atoms with Gasteiger partial charge in [0.2, 0.25) is 5.91 Å². The fourth-order valence-corrected chi connectivity index (χ4v) is 1.81. The van der Waals surface area contributed by atoms with E-state index in [0.717, 1.165) is 5.56 Å². The molecule has 0 aliphatic heterocycles. The van der Waals surface area contributed by atoms with E-state index in [-0.39, 0.29) is 5.91 Å². The largest absolute Gasteiger partial charge is 0.340 e. The van der Waals surface area contributed by atoms with Gasteiger partial charge in [0.1, 0.15) is 11.8 Å². The van der Waals surface area contributed by atoms with Crippen LogP contribution in [0.4, 0.5) is 5.82 Å². The number of rotatable bonds is 4. The van der Waals surface area contributed by atoms with Gasteiger partial charge in [0.15, 0.2) is 11.5 Å². The third-order valence-corrected chi connectivity index (χ3v) is 2.75. The zero-order valence-electron chi connectivity index (χ0n) is 10.5. The first-order valence-electron chi connectivity index (χ1n) is 6.06. The second kappa shape index (κ2) is 5.35. The molecular formula is C13H12N6O. The Bertz CT molecular complexity index is 724. The van der Waals surface area contributed by atoms with E-state index in [9.17, 15) is 4.79 Å². The van der Waals surface area contributed by atoms with Crippen LogP contribution >= 0.6 is 0 Å². The monoisotopic (exact) mass is 268 g/mol. The summed E-state index contributed by atoms with van der Waals surface area (Å²) in [4.78, 5) is 26.8. The van der Waals surface area contributed by atoms with Crippen molar-refractivity contribution in [2.45, 2.75) is 6.42 Å². The van der Waals surface area contributed by atoms with E-state index in [4.69, 9.17) is 0 Å². The molecule has 3 N–H and O–H groups in total. The zero-order valence-corrected chi connectivity index (χ0v) is 10.5. The summed E-state index contributed by atoms with van der Waals surface area (Å²) in [6, 6.07) is 9.51. The number of nitrogens with one attached hydrogen (secondary N) is 3. The lowest BCUT2D eigenvalue weighted by atomic mass is 10.1. The zero-order chi connectivity index (χ0) is 13.8. The third kappa shape index (κ3) is 2.56. The molecule has 0 atom stereocenters. The average molecular weight is 268 g/mol. The van der Waals surface area contributed by atoms with Gasteiger partial charge in [0, 0.05) is 0 Å². The van der Waals surface area contributed by atoms with E-state index in [1.54, 1.807) is 0 Å². The van der Waals surface area contributed by atoms with Crippen LogP contribution in [0, 0.1) is 0 Å². The van der Waals surface area contributed by atoms with Crippen LogP contribution in [0.15, 0.2) is 43.0 Å². The van der Waals surface area contributed by atoms with Crippen LogP contribution in [0.25, 0.3) is 11.2 Å². The van der Waals surface area contributed by atoms with E-state index in [0.29, 0.717) is 23.4 Å². The van der Waals surface area contributed by atoms with Gasteiger partial charge in [-0.1, -0.05) is 30.3 Å². The third-order valence-electron chi connectivity index (χ3n) is 2.75. The highest BCUT2D eigenvalue weighted by atomic mass is 16.2. The Kier molecular flexibility index (Phi) is 3.24. The highest BCUT2D eigenvalue weighted by Crippen LogP contribution is 2.12. The van der Waals surface area contributed by atoms with Crippen molar-refractivity contribution in [1.29, 1.82) is 0 Å². The molecule has 2 heterocycles. The maximum absolute atomic E-state index is 11.8. The molecular weight excluding hydrogens is 256 g/mol. The number of nitrogens with zero attached hydrogens (tertiary/aromatic N) is 3. The minimum atomic E-state index is -0.150. The highest BCUT2D eigenvalue weighted by molar-refractivity contribution is 5.85. The number of benzene rings is 1. The number of hydrazine groups is 1. The summed E-state index contributed by atoms with van der Waals surface area (Å²) in [6.07, 6.45) is 3.20. The van der Waals surface area contributed by atoms with E-state index < -0.39 is 0 Å². The summed E-state index contributed by atoms with van der Waals surface area (Å²) in [6.45, 7) is 0. The van der Waals surface area contributed by atoms with Crippen molar-refractivity contribution < 1.29 is 4.79 Å². The quantitative estimate of drug-likeness (QED) is 0.614. The van der Waals surface area contributed by atoms with Gasteiger partial charge >= 0.3 is 0 Å². The number of amides is 1. The highest BCUT2D eigenvalue weighted by Gasteiger charge is 2.07. The van der Waals surface area contributed by atoms with Crippen LogP contribution in [0.5, 0.6) is 0 Å². The fraction of sp³-hybridized carbons (Fsp3) is 0.0769.